The van der Waals surface area contributed by atoms with Crippen molar-refractivity contribution in [2.24, 2.45) is 0 Å². The van der Waals surface area contributed by atoms with Crippen molar-refractivity contribution in [1.29, 1.82) is 0 Å². The lowest BCUT2D eigenvalue weighted by molar-refractivity contribution is 0.173. The number of benzene rings is 1. The second-order valence-corrected chi connectivity index (χ2v) is 4.99. The van der Waals surface area contributed by atoms with E-state index in [2.05, 4.69) is 36.5 Å². The Bertz CT molecular complexity index is 325. The number of aliphatic hydroxyl groups is 1. The summed E-state index contributed by atoms with van der Waals surface area (Å²) >= 11 is 0. The number of rotatable bonds is 3. The molecule has 0 unspecified atom stereocenters. The molecule has 2 rings (SSSR count). The van der Waals surface area contributed by atoms with Crippen molar-refractivity contribution in [3.8, 4) is 0 Å². The minimum atomic E-state index is -0.0759. The van der Waals surface area contributed by atoms with Crippen molar-refractivity contribution in [2.45, 2.75) is 44.6 Å². The zero-order valence-corrected chi connectivity index (χ0v) is 10.00. The van der Waals surface area contributed by atoms with E-state index in [1.54, 1.807) is 0 Å². The molecule has 0 bridgehead atoms. The first-order valence-corrected chi connectivity index (χ1v) is 6.20. The minimum absolute atomic E-state index is 0.0759. The summed E-state index contributed by atoms with van der Waals surface area (Å²) in [5.41, 5.74) is 2.32. The van der Waals surface area contributed by atoms with Crippen LogP contribution in [-0.4, -0.2) is 17.3 Å². The van der Waals surface area contributed by atoms with Crippen LogP contribution in [0, 0.1) is 6.92 Å². The van der Waals surface area contributed by atoms with Gasteiger partial charge in [-0.15, -0.1) is 0 Å². The maximum atomic E-state index is 9.59. The van der Waals surface area contributed by atoms with Gasteiger partial charge in [0.2, 0.25) is 0 Å². The van der Waals surface area contributed by atoms with Crippen LogP contribution < -0.4 is 5.32 Å². The quantitative estimate of drug-likeness (QED) is 0.818. The molecule has 2 N–H and O–H groups in total. The fourth-order valence-corrected chi connectivity index (χ4v) is 2.49. The number of aryl methyl sites for hydroxylation is 1. The molecule has 1 aromatic carbocycles. The standard InChI is InChI=1S/C14H21NO/c1-12-5-7-13(8-6-12)15-14(11-16)9-3-2-4-10-14/h5-8,15-16H,2-4,9-11H2,1H3. The molecule has 1 aliphatic rings. The lowest BCUT2D eigenvalue weighted by Gasteiger charge is -2.37. The van der Waals surface area contributed by atoms with Gasteiger partial charge in [0.15, 0.2) is 0 Å². The monoisotopic (exact) mass is 219 g/mol. The normalized spacial score (nSPS) is 19.4. The molecule has 1 saturated carbocycles. The largest absolute Gasteiger partial charge is 0.394 e. The highest BCUT2D eigenvalue weighted by Crippen LogP contribution is 2.31. The highest BCUT2D eigenvalue weighted by atomic mass is 16.3. The molecular weight excluding hydrogens is 198 g/mol. The Morgan fingerprint density at radius 2 is 1.75 bits per heavy atom. The van der Waals surface area contributed by atoms with Gasteiger partial charge in [0.1, 0.15) is 0 Å². The van der Waals surface area contributed by atoms with Crippen LogP contribution in [0.5, 0.6) is 0 Å². The number of nitrogens with one attached hydrogen (secondary N) is 1. The molecule has 1 aliphatic carbocycles. The van der Waals surface area contributed by atoms with E-state index in [1.807, 2.05) is 0 Å². The third kappa shape index (κ3) is 2.56. The maximum Gasteiger partial charge on any atom is 0.0661 e. The molecule has 88 valence electrons. The van der Waals surface area contributed by atoms with Crippen molar-refractivity contribution in [3.63, 3.8) is 0 Å². The van der Waals surface area contributed by atoms with Crippen LogP contribution in [0.4, 0.5) is 5.69 Å². The smallest absolute Gasteiger partial charge is 0.0661 e. The highest BCUT2D eigenvalue weighted by molar-refractivity contribution is 5.47. The number of hydrogen-bond acceptors (Lipinski definition) is 2. The van der Waals surface area contributed by atoms with Crippen LogP contribution >= 0.6 is 0 Å². The molecule has 0 heterocycles. The van der Waals surface area contributed by atoms with E-state index in [0.29, 0.717) is 0 Å². The van der Waals surface area contributed by atoms with Crippen LogP contribution in [-0.2, 0) is 0 Å². The van der Waals surface area contributed by atoms with Gasteiger partial charge in [-0.25, -0.2) is 0 Å². The Balaban J connectivity index is 2.08. The third-order valence-corrected chi connectivity index (χ3v) is 3.57. The Labute approximate surface area is 97.7 Å². The first-order valence-electron chi connectivity index (χ1n) is 6.20. The molecular formula is C14H21NO. The molecule has 1 fully saturated rings. The average Bonchev–Trinajstić information content (AvgIpc) is 2.33. The Morgan fingerprint density at radius 3 is 2.31 bits per heavy atom. The molecule has 2 heteroatoms. The van der Waals surface area contributed by atoms with E-state index in [1.165, 1.54) is 24.8 Å². The van der Waals surface area contributed by atoms with E-state index in [9.17, 15) is 5.11 Å². The Morgan fingerprint density at radius 1 is 1.12 bits per heavy atom. The molecule has 0 atom stereocenters. The molecule has 0 amide bonds. The first kappa shape index (κ1) is 11.5. The first-order chi connectivity index (χ1) is 7.74. The molecule has 2 nitrogen and oxygen atoms in total. The van der Waals surface area contributed by atoms with Gasteiger partial charge in [-0.05, 0) is 31.9 Å². The molecule has 0 aromatic heterocycles. The fraction of sp³-hybridized carbons (Fsp3) is 0.571. The van der Waals surface area contributed by atoms with Gasteiger partial charge >= 0.3 is 0 Å². The zero-order valence-electron chi connectivity index (χ0n) is 10.00. The highest BCUT2D eigenvalue weighted by Gasteiger charge is 2.30. The molecule has 0 aliphatic heterocycles. The summed E-state index contributed by atoms with van der Waals surface area (Å²) in [6, 6.07) is 8.41. The summed E-state index contributed by atoms with van der Waals surface area (Å²) in [6.45, 7) is 2.33. The maximum absolute atomic E-state index is 9.59. The lowest BCUT2D eigenvalue weighted by Crippen LogP contribution is -2.43. The summed E-state index contributed by atoms with van der Waals surface area (Å²) < 4.78 is 0. The van der Waals surface area contributed by atoms with Crippen molar-refractivity contribution in [1.82, 2.24) is 0 Å². The third-order valence-electron chi connectivity index (χ3n) is 3.57. The summed E-state index contributed by atoms with van der Waals surface area (Å²) in [7, 11) is 0. The predicted molar refractivity (Wildman–Crippen MR) is 67.7 cm³/mol. The van der Waals surface area contributed by atoms with Crippen molar-refractivity contribution in [3.05, 3.63) is 29.8 Å². The number of aliphatic hydroxyl groups excluding tert-OH is 1. The SMILES string of the molecule is Cc1ccc(NC2(CO)CCCCC2)cc1. The van der Waals surface area contributed by atoms with Crippen LogP contribution in [0.25, 0.3) is 0 Å². The zero-order chi connectivity index (χ0) is 11.4. The summed E-state index contributed by atoms with van der Waals surface area (Å²) in [4.78, 5) is 0. The van der Waals surface area contributed by atoms with E-state index in [4.69, 9.17) is 0 Å². The van der Waals surface area contributed by atoms with Crippen LogP contribution in [0.2, 0.25) is 0 Å². The second-order valence-electron chi connectivity index (χ2n) is 4.99. The van der Waals surface area contributed by atoms with E-state index < -0.39 is 0 Å². The summed E-state index contributed by atoms with van der Waals surface area (Å²) in [5, 5.41) is 13.1. The topological polar surface area (TPSA) is 32.3 Å². The summed E-state index contributed by atoms with van der Waals surface area (Å²) in [5.74, 6) is 0. The van der Waals surface area contributed by atoms with E-state index in [0.717, 1.165) is 18.5 Å². The van der Waals surface area contributed by atoms with Gasteiger partial charge < -0.3 is 10.4 Å². The number of anilines is 1. The molecule has 0 radical (unpaired) electrons. The molecule has 0 saturated heterocycles. The van der Waals surface area contributed by atoms with Crippen molar-refractivity contribution < 1.29 is 5.11 Å². The van der Waals surface area contributed by atoms with Gasteiger partial charge in [0, 0.05) is 5.69 Å². The fourth-order valence-electron chi connectivity index (χ4n) is 2.49. The van der Waals surface area contributed by atoms with Crippen molar-refractivity contribution in [2.75, 3.05) is 11.9 Å². The van der Waals surface area contributed by atoms with Crippen molar-refractivity contribution >= 4 is 5.69 Å². The van der Waals surface area contributed by atoms with Gasteiger partial charge in [0.25, 0.3) is 0 Å². The van der Waals surface area contributed by atoms with Crippen LogP contribution in [0.1, 0.15) is 37.7 Å². The van der Waals surface area contributed by atoms with E-state index >= 15 is 0 Å². The van der Waals surface area contributed by atoms with Gasteiger partial charge in [-0.1, -0.05) is 37.0 Å². The van der Waals surface area contributed by atoms with Gasteiger partial charge in [-0.2, -0.15) is 0 Å². The van der Waals surface area contributed by atoms with Gasteiger partial charge in [0.05, 0.1) is 12.1 Å². The Hall–Kier alpha value is -1.02. The van der Waals surface area contributed by atoms with Crippen LogP contribution in [0.15, 0.2) is 24.3 Å². The molecule has 16 heavy (non-hydrogen) atoms. The summed E-state index contributed by atoms with van der Waals surface area (Å²) in [6.07, 6.45) is 5.91. The molecule has 1 aromatic rings. The molecule has 0 spiro atoms. The number of hydrogen-bond donors (Lipinski definition) is 2. The van der Waals surface area contributed by atoms with Crippen LogP contribution in [0.3, 0.4) is 0 Å². The predicted octanol–water partition coefficient (Wildman–Crippen LogP) is 3.10. The van der Waals surface area contributed by atoms with E-state index in [-0.39, 0.29) is 12.1 Å². The Kier molecular flexibility index (Phi) is 3.49. The second kappa shape index (κ2) is 4.88. The minimum Gasteiger partial charge on any atom is -0.394 e. The average molecular weight is 219 g/mol. The van der Waals surface area contributed by atoms with Gasteiger partial charge in [-0.3, -0.25) is 0 Å². The lowest BCUT2D eigenvalue weighted by atomic mass is 9.82.